The molecule has 0 unspecified atom stereocenters. The largest absolute Gasteiger partial charge is 0.462 e. The second-order valence-corrected chi connectivity index (χ2v) is 10.7. The van der Waals surface area contributed by atoms with Gasteiger partial charge in [-0.25, -0.2) is 13.2 Å². The van der Waals surface area contributed by atoms with E-state index in [1.807, 2.05) is 12.1 Å². The van der Waals surface area contributed by atoms with E-state index in [-0.39, 0.29) is 32.6 Å². The van der Waals surface area contributed by atoms with Gasteiger partial charge in [0.25, 0.3) is 10.0 Å². The minimum Gasteiger partial charge on any atom is -0.462 e. The van der Waals surface area contributed by atoms with Crippen molar-refractivity contribution in [3.63, 3.8) is 0 Å². The Morgan fingerprint density at radius 1 is 1.06 bits per heavy atom. The van der Waals surface area contributed by atoms with Crippen LogP contribution in [-0.2, 0) is 21.3 Å². The van der Waals surface area contributed by atoms with Crippen LogP contribution < -0.4 is 9.60 Å². The average Bonchev–Trinajstić information content (AvgIpc) is 3.10. The molecule has 176 valence electrons. The van der Waals surface area contributed by atoms with E-state index in [1.165, 1.54) is 30.3 Å². The van der Waals surface area contributed by atoms with Crippen LogP contribution in [0.5, 0.6) is 0 Å². The number of hydrogen-bond acceptors (Lipinski definition) is 6. The predicted molar refractivity (Wildman–Crippen MR) is 135 cm³/mol. The van der Waals surface area contributed by atoms with Gasteiger partial charge in [-0.3, -0.25) is 14.1 Å². The standard InChI is InChI=1S/C23H18Cl2N2O5S2/c1-2-32-22(28)18-11-16(7-9-19(18)25)26-34(30,31)17-8-10-20-21(12-17)33-23(29)27(20)13-14-3-5-15(24)6-4-14/h3-12,26H,2,13H2,1H3. The van der Waals surface area contributed by atoms with Crippen LogP contribution in [0.1, 0.15) is 22.8 Å². The number of nitrogens with zero attached hydrogens (tertiary/aromatic N) is 1. The SMILES string of the molecule is CCOC(=O)c1cc(NS(=O)(=O)c2ccc3c(c2)sc(=O)n3Cc2ccc(Cl)cc2)ccc1Cl. The smallest absolute Gasteiger partial charge is 0.339 e. The summed E-state index contributed by atoms with van der Waals surface area (Å²) < 4.78 is 35.5. The number of anilines is 1. The summed E-state index contributed by atoms with van der Waals surface area (Å²) in [6.07, 6.45) is 0. The van der Waals surface area contributed by atoms with Crippen LogP contribution in [0.4, 0.5) is 5.69 Å². The van der Waals surface area contributed by atoms with Crippen LogP contribution in [0.3, 0.4) is 0 Å². The summed E-state index contributed by atoms with van der Waals surface area (Å²) in [6, 6.07) is 15.8. The first-order chi connectivity index (χ1) is 16.2. The molecule has 4 aromatic rings. The summed E-state index contributed by atoms with van der Waals surface area (Å²) >= 11 is 12.9. The number of carbonyl (C=O) groups excluding carboxylic acids is 1. The Hall–Kier alpha value is -2.85. The number of halogens is 2. The second-order valence-electron chi connectivity index (χ2n) is 7.23. The first-order valence-corrected chi connectivity index (χ1v) is 13.1. The van der Waals surface area contributed by atoms with Crippen LogP contribution in [-0.4, -0.2) is 25.6 Å². The zero-order chi connectivity index (χ0) is 24.5. The zero-order valence-electron chi connectivity index (χ0n) is 17.7. The van der Waals surface area contributed by atoms with Crippen molar-refractivity contribution in [3.05, 3.63) is 91.5 Å². The van der Waals surface area contributed by atoms with Gasteiger partial charge in [-0.1, -0.05) is 46.7 Å². The highest BCUT2D eigenvalue weighted by atomic mass is 35.5. The Kier molecular flexibility index (Phi) is 6.99. The number of hydrogen-bond donors (Lipinski definition) is 1. The molecular formula is C23H18Cl2N2O5S2. The van der Waals surface area contributed by atoms with Gasteiger partial charge in [0.2, 0.25) is 0 Å². The number of sulfonamides is 1. The van der Waals surface area contributed by atoms with E-state index in [1.54, 1.807) is 29.7 Å². The Morgan fingerprint density at radius 2 is 1.79 bits per heavy atom. The number of fused-ring (bicyclic) bond motifs is 1. The molecule has 0 bridgehead atoms. The molecule has 7 nitrogen and oxygen atoms in total. The summed E-state index contributed by atoms with van der Waals surface area (Å²) in [7, 11) is -4.00. The second kappa shape index (κ2) is 9.79. The third-order valence-corrected chi connectivity index (χ3v) is 7.82. The molecule has 1 heterocycles. The molecule has 0 aliphatic heterocycles. The lowest BCUT2D eigenvalue weighted by Crippen LogP contribution is -2.14. The summed E-state index contributed by atoms with van der Waals surface area (Å²) in [5.74, 6) is -0.651. The van der Waals surface area contributed by atoms with Gasteiger partial charge in [-0.15, -0.1) is 0 Å². The summed E-state index contributed by atoms with van der Waals surface area (Å²) in [5.41, 5.74) is 1.72. The van der Waals surface area contributed by atoms with E-state index in [2.05, 4.69) is 4.72 Å². The lowest BCUT2D eigenvalue weighted by atomic mass is 10.2. The maximum Gasteiger partial charge on any atom is 0.339 e. The topological polar surface area (TPSA) is 94.5 Å². The van der Waals surface area contributed by atoms with Crippen LogP contribution in [0, 0.1) is 0 Å². The average molecular weight is 537 g/mol. The number of benzene rings is 3. The predicted octanol–water partition coefficient (Wildman–Crippen LogP) is 5.40. The molecule has 3 aromatic carbocycles. The lowest BCUT2D eigenvalue weighted by Gasteiger charge is -2.11. The Bertz CT molecular complexity index is 1540. The summed E-state index contributed by atoms with van der Waals surface area (Å²) in [6.45, 7) is 2.15. The monoisotopic (exact) mass is 536 g/mol. The molecule has 34 heavy (non-hydrogen) atoms. The highest BCUT2D eigenvalue weighted by molar-refractivity contribution is 7.92. The fourth-order valence-electron chi connectivity index (χ4n) is 3.30. The molecule has 0 atom stereocenters. The van der Waals surface area contributed by atoms with Crippen molar-refractivity contribution in [1.82, 2.24) is 4.57 Å². The number of ether oxygens (including phenoxy) is 1. The van der Waals surface area contributed by atoms with Crippen molar-refractivity contribution in [2.75, 3.05) is 11.3 Å². The van der Waals surface area contributed by atoms with Gasteiger partial charge in [0, 0.05) is 10.7 Å². The van der Waals surface area contributed by atoms with E-state index >= 15 is 0 Å². The lowest BCUT2D eigenvalue weighted by molar-refractivity contribution is 0.0526. The molecule has 0 fully saturated rings. The van der Waals surface area contributed by atoms with Crippen molar-refractivity contribution in [2.24, 2.45) is 0 Å². The highest BCUT2D eigenvalue weighted by Gasteiger charge is 2.19. The summed E-state index contributed by atoms with van der Waals surface area (Å²) in [5, 5.41) is 0.748. The minimum atomic E-state index is -4.00. The van der Waals surface area contributed by atoms with Gasteiger partial charge in [0.05, 0.1) is 38.8 Å². The maximum atomic E-state index is 13.0. The molecule has 1 aromatic heterocycles. The van der Waals surface area contributed by atoms with Crippen molar-refractivity contribution in [2.45, 2.75) is 18.4 Å². The van der Waals surface area contributed by atoms with Crippen molar-refractivity contribution >= 4 is 66.4 Å². The molecule has 0 amide bonds. The number of rotatable bonds is 7. The van der Waals surface area contributed by atoms with E-state index in [4.69, 9.17) is 27.9 Å². The molecule has 0 spiro atoms. The Labute approximate surface area is 209 Å². The normalized spacial score (nSPS) is 11.5. The zero-order valence-corrected chi connectivity index (χ0v) is 20.9. The number of nitrogens with one attached hydrogen (secondary N) is 1. The minimum absolute atomic E-state index is 0.0208. The first-order valence-electron chi connectivity index (χ1n) is 10.1. The third kappa shape index (κ3) is 5.12. The summed E-state index contributed by atoms with van der Waals surface area (Å²) in [4.78, 5) is 24.4. The van der Waals surface area contributed by atoms with Gasteiger partial charge in [0.15, 0.2) is 0 Å². The first kappa shape index (κ1) is 24.3. The van der Waals surface area contributed by atoms with Crippen LogP contribution in [0.25, 0.3) is 10.2 Å². The molecule has 0 aliphatic carbocycles. The molecule has 4 rings (SSSR count). The third-order valence-electron chi connectivity index (χ3n) is 4.92. The van der Waals surface area contributed by atoms with Crippen LogP contribution in [0.2, 0.25) is 10.0 Å². The number of aromatic nitrogens is 1. The van der Waals surface area contributed by atoms with Gasteiger partial charge in [-0.05, 0) is 61.0 Å². The van der Waals surface area contributed by atoms with Crippen molar-refractivity contribution in [1.29, 1.82) is 0 Å². The van der Waals surface area contributed by atoms with E-state index in [9.17, 15) is 18.0 Å². The van der Waals surface area contributed by atoms with Crippen molar-refractivity contribution in [3.8, 4) is 0 Å². The van der Waals surface area contributed by atoms with E-state index in [0.717, 1.165) is 16.9 Å². The van der Waals surface area contributed by atoms with Crippen molar-refractivity contribution < 1.29 is 17.9 Å². The molecular weight excluding hydrogens is 519 g/mol. The highest BCUT2D eigenvalue weighted by Crippen LogP contribution is 2.26. The maximum absolute atomic E-state index is 13.0. The quantitative estimate of drug-likeness (QED) is 0.319. The number of esters is 1. The molecule has 11 heteroatoms. The van der Waals surface area contributed by atoms with Gasteiger partial charge in [0.1, 0.15) is 0 Å². The van der Waals surface area contributed by atoms with E-state index < -0.39 is 16.0 Å². The Morgan fingerprint density at radius 3 is 2.50 bits per heavy atom. The van der Waals surface area contributed by atoms with Gasteiger partial charge < -0.3 is 4.74 Å². The Balaban J connectivity index is 1.63. The fourth-order valence-corrected chi connectivity index (χ4v) is 5.70. The fraction of sp³-hybridized carbons (Fsp3) is 0.130. The van der Waals surface area contributed by atoms with Gasteiger partial charge >= 0.3 is 10.8 Å². The molecule has 0 saturated carbocycles. The van der Waals surface area contributed by atoms with Gasteiger partial charge in [-0.2, -0.15) is 0 Å². The van der Waals surface area contributed by atoms with E-state index in [0.29, 0.717) is 21.8 Å². The number of carbonyl (C=O) groups is 1. The van der Waals surface area contributed by atoms with Crippen LogP contribution in [0.15, 0.2) is 70.4 Å². The number of thiazole rings is 1. The molecule has 1 N–H and O–H groups in total. The molecule has 0 saturated heterocycles. The molecule has 0 aliphatic rings. The molecule has 0 radical (unpaired) electrons. The van der Waals surface area contributed by atoms with Crippen LogP contribution >= 0.6 is 34.5 Å².